The lowest BCUT2D eigenvalue weighted by Crippen LogP contribution is -2.48. The Morgan fingerprint density at radius 2 is 2.05 bits per heavy atom. The number of hydrogen-bond acceptors (Lipinski definition) is 5. The fourth-order valence-corrected chi connectivity index (χ4v) is 2.23. The molecule has 0 saturated carbocycles. The highest BCUT2D eigenvalue weighted by atomic mass is 31.2. The van der Waals surface area contributed by atoms with Crippen LogP contribution in [0.15, 0.2) is 0 Å². The minimum atomic E-state index is -3.65. The second-order valence-electron chi connectivity index (χ2n) is 5.61. The van der Waals surface area contributed by atoms with Crippen molar-refractivity contribution in [2.24, 2.45) is 5.92 Å². The molecule has 0 aromatic carbocycles. The van der Waals surface area contributed by atoms with Gasteiger partial charge < -0.3 is 14.4 Å². The molecule has 1 aliphatic rings. The van der Waals surface area contributed by atoms with Crippen LogP contribution >= 0.6 is 7.60 Å². The zero-order valence-corrected chi connectivity index (χ0v) is 13.3. The Bertz CT molecular complexity index is 323. The minimum absolute atomic E-state index is 0.0795. The van der Waals surface area contributed by atoms with E-state index < -0.39 is 19.5 Å². The van der Waals surface area contributed by atoms with Gasteiger partial charge in [0.05, 0.1) is 25.0 Å². The van der Waals surface area contributed by atoms with Crippen LogP contribution in [-0.2, 0) is 18.7 Å². The van der Waals surface area contributed by atoms with Gasteiger partial charge in [0.1, 0.15) is 0 Å². The van der Waals surface area contributed by atoms with Crippen molar-refractivity contribution >= 4 is 7.60 Å². The van der Waals surface area contributed by atoms with Crippen molar-refractivity contribution in [3.63, 3.8) is 0 Å². The maximum Gasteiger partial charge on any atom is 0.347 e. The number of rotatable bonds is 6. The third-order valence-corrected chi connectivity index (χ3v) is 4.58. The van der Waals surface area contributed by atoms with Crippen molar-refractivity contribution in [2.45, 2.75) is 52.6 Å². The van der Waals surface area contributed by atoms with Crippen molar-refractivity contribution in [1.29, 1.82) is 0 Å². The molecule has 1 rings (SSSR count). The molecule has 1 N–H and O–H groups in total. The normalized spacial score (nSPS) is 28.8. The van der Waals surface area contributed by atoms with Crippen molar-refractivity contribution in [2.75, 3.05) is 19.8 Å². The number of nitrogens with zero attached hydrogens (tertiary/aromatic N) is 1. The fraction of sp³-hybridized carbons (Fsp3) is 1.00. The quantitative estimate of drug-likeness (QED) is 0.758. The third-order valence-electron chi connectivity index (χ3n) is 2.83. The Morgan fingerprint density at radius 1 is 1.42 bits per heavy atom. The summed E-state index contributed by atoms with van der Waals surface area (Å²) in [5.41, 5.74) is -0.448. The van der Waals surface area contributed by atoms with Gasteiger partial charge in [-0.1, -0.05) is 20.8 Å². The van der Waals surface area contributed by atoms with E-state index in [1.54, 1.807) is 13.8 Å². The molecule has 1 fully saturated rings. The average molecular weight is 295 g/mol. The molecule has 114 valence electrons. The maximum atomic E-state index is 12.0. The Morgan fingerprint density at radius 3 is 2.58 bits per heavy atom. The third kappa shape index (κ3) is 5.50. The summed E-state index contributed by atoms with van der Waals surface area (Å²) in [6.07, 6.45) is -0.353. The largest absolute Gasteiger partial charge is 0.375 e. The van der Waals surface area contributed by atoms with Crippen LogP contribution in [0.4, 0.5) is 0 Å². The molecule has 0 amide bonds. The monoisotopic (exact) mass is 295 g/mol. The van der Waals surface area contributed by atoms with Gasteiger partial charge in [0.25, 0.3) is 0 Å². The molecule has 0 aliphatic carbocycles. The van der Waals surface area contributed by atoms with E-state index in [0.29, 0.717) is 19.8 Å². The van der Waals surface area contributed by atoms with Gasteiger partial charge in [-0.05, 0) is 19.8 Å². The van der Waals surface area contributed by atoms with Crippen LogP contribution < -0.4 is 0 Å². The summed E-state index contributed by atoms with van der Waals surface area (Å²) in [7, 11) is -3.65. The van der Waals surface area contributed by atoms with Gasteiger partial charge in [-0.15, -0.1) is 5.06 Å². The zero-order valence-electron chi connectivity index (χ0n) is 12.4. The van der Waals surface area contributed by atoms with Gasteiger partial charge in [0.2, 0.25) is 0 Å². The molecule has 7 heteroatoms. The van der Waals surface area contributed by atoms with Gasteiger partial charge in [-0.2, -0.15) is 0 Å². The Kier molecular flexibility index (Phi) is 6.43. The summed E-state index contributed by atoms with van der Waals surface area (Å²) >= 11 is 0. The molecule has 6 nitrogen and oxygen atoms in total. The molecule has 1 heterocycles. The number of hydroxylamine groups is 2. The minimum Gasteiger partial charge on any atom is -0.375 e. The topological polar surface area (TPSA) is 68.2 Å². The molecular weight excluding hydrogens is 269 g/mol. The lowest BCUT2D eigenvalue weighted by Gasteiger charge is -2.38. The zero-order chi connectivity index (χ0) is 14.6. The summed E-state index contributed by atoms with van der Waals surface area (Å²) in [6, 6.07) is 0. The summed E-state index contributed by atoms with van der Waals surface area (Å²) in [5, 5.41) is 1.46. The fourth-order valence-electron chi connectivity index (χ4n) is 1.57. The van der Waals surface area contributed by atoms with Crippen LogP contribution in [0.3, 0.4) is 0 Å². The van der Waals surface area contributed by atoms with Crippen LogP contribution in [0, 0.1) is 5.92 Å². The number of ether oxygens (including phenoxy) is 2. The average Bonchev–Trinajstić information content (AvgIpc) is 2.27. The van der Waals surface area contributed by atoms with Crippen LogP contribution in [0.5, 0.6) is 0 Å². The Balaban J connectivity index is 2.65. The Hall–Kier alpha value is 0.0300. The van der Waals surface area contributed by atoms with Gasteiger partial charge in [0, 0.05) is 6.54 Å². The van der Waals surface area contributed by atoms with Crippen molar-refractivity contribution in [1.82, 2.24) is 5.06 Å². The highest BCUT2D eigenvalue weighted by Crippen LogP contribution is 2.48. The molecule has 0 aromatic heterocycles. The highest BCUT2D eigenvalue weighted by Gasteiger charge is 2.35. The molecule has 19 heavy (non-hydrogen) atoms. The lowest BCUT2D eigenvalue weighted by molar-refractivity contribution is -0.254. The first-order valence-corrected chi connectivity index (χ1v) is 8.39. The summed E-state index contributed by atoms with van der Waals surface area (Å²) in [6.45, 7) is 10.7. The van der Waals surface area contributed by atoms with E-state index in [4.69, 9.17) is 14.1 Å². The molecule has 0 aromatic rings. The van der Waals surface area contributed by atoms with Crippen molar-refractivity contribution in [3.8, 4) is 0 Å². The maximum absolute atomic E-state index is 12.0. The summed E-state index contributed by atoms with van der Waals surface area (Å²) in [4.78, 5) is 9.82. The first-order chi connectivity index (χ1) is 8.72. The lowest BCUT2D eigenvalue weighted by atomic mass is 10.2. The molecule has 3 atom stereocenters. The van der Waals surface area contributed by atoms with E-state index in [1.165, 1.54) is 5.06 Å². The van der Waals surface area contributed by atoms with E-state index >= 15 is 0 Å². The molecule has 1 aliphatic heterocycles. The SMILES string of the molecule is CC1COC(COC(C)C)N(OP(=O)(O)C(C)C)C1. The predicted octanol–water partition coefficient (Wildman–Crippen LogP) is 2.23. The predicted molar refractivity (Wildman–Crippen MR) is 72.7 cm³/mol. The van der Waals surface area contributed by atoms with E-state index in [1.807, 2.05) is 20.8 Å². The summed E-state index contributed by atoms with van der Waals surface area (Å²) < 4.78 is 28.4. The van der Waals surface area contributed by atoms with Crippen molar-refractivity contribution < 1.29 is 23.6 Å². The van der Waals surface area contributed by atoms with Gasteiger partial charge >= 0.3 is 7.60 Å². The van der Waals surface area contributed by atoms with Crippen molar-refractivity contribution in [3.05, 3.63) is 0 Å². The van der Waals surface area contributed by atoms with Crippen LogP contribution in [0.2, 0.25) is 0 Å². The van der Waals surface area contributed by atoms with Gasteiger partial charge in [-0.3, -0.25) is 4.57 Å². The van der Waals surface area contributed by atoms with Crippen LogP contribution in [-0.4, -0.2) is 47.7 Å². The first-order valence-electron chi connectivity index (χ1n) is 6.74. The van der Waals surface area contributed by atoms with E-state index in [2.05, 4.69) is 0 Å². The van der Waals surface area contributed by atoms with Crippen LogP contribution in [0.25, 0.3) is 0 Å². The molecule has 3 unspecified atom stereocenters. The Labute approximate surface area is 115 Å². The molecule has 0 bridgehead atoms. The molecule has 0 spiro atoms. The standard InChI is InChI=1S/C12H26NO5P/c1-9(2)16-8-12-13(6-11(5)7-17-12)18-19(14,15)10(3)4/h9-12H,6-8H2,1-5H3,(H,14,15). The molecule has 1 saturated heterocycles. The highest BCUT2D eigenvalue weighted by molar-refractivity contribution is 7.53. The van der Waals surface area contributed by atoms with Crippen LogP contribution in [0.1, 0.15) is 34.6 Å². The molecular formula is C12H26NO5P. The van der Waals surface area contributed by atoms with Gasteiger partial charge in [-0.25, -0.2) is 4.62 Å². The number of hydrogen-bond donors (Lipinski definition) is 1. The smallest absolute Gasteiger partial charge is 0.347 e. The second-order valence-corrected chi connectivity index (χ2v) is 7.94. The first kappa shape index (κ1) is 17.1. The summed E-state index contributed by atoms with van der Waals surface area (Å²) in [5.74, 6) is 0.252. The van der Waals surface area contributed by atoms with E-state index in [0.717, 1.165) is 0 Å². The van der Waals surface area contributed by atoms with Gasteiger partial charge in [0.15, 0.2) is 6.23 Å². The van der Waals surface area contributed by atoms with E-state index in [9.17, 15) is 9.46 Å². The molecule has 0 radical (unpaired) electrons. The second kappa shape index (κ2) is 7.16. The van der Waals surface area contributed by atoms with E-state index in [-0.39, 0.29) is 12.0 Å².